The van der Waals surface area contributed by atoms with Gasteiger partial charge in [0.05, 0.1) is 0 Å². The standard InChI is InChI=1S/C19H20ClN/c1-19(2,3)16-7-4-14(5-8-16)13-21-11-10-15-6-9-17(20)12-18(15)21/h4-12H,13H2,1-3H3. The fraction of sp³-hybridized carbons (Fsp3) is 0.263. The molecule has 0 bridgehead atoms. The number of nitrogens with zero attached hydrogens (tertiary/aromatic N) is 1. The van der Waals surface area contributed by atoms with Gasteiger partial charge in [-0.25, -0.2) is 0 Å². The van der Waals surface area contributed by atoms with E-state index in [2.05, 4.69) is 67.9 Å². The third-order valence-corrected chi connectivity index (χ3v) is 4.14. The second-order valence-corrected chi connectivity index (χ2v) is 7.03. The third kappa shape index (κ3) is 2.98. The fourth-order valence-electron chi connectivity index (χ4n) is 2.60. The number of halogens is 1. The Morgan fingerprint density at radius 2 is 1.67 bits per heavy atom. The molecule has 0 amide bonds. The third-order valence-electron chi connectivity index (χ3n) is 3.91. The molecule has 0 saturated heterocycles. The fourth-order valence-corrected chi connectivity index (χ4v) is 2.77. The zero-order valence-electron chi connectivity index (χ0n) is 12.7. The summed E-state index contributed by atoms with van der Waals surface area (Å²) in [5.41, 5.74) is 4.06. The molecule has 0 fully saturated rings. The zero-order chi connectivity index (χ0) is 15.0. The molecule has 0 aliphatic carbocycles. The van der Waals surface area contributed by atoms with E-state index < -0.39 is 0 Å². The van der Waals surface area contributed by atoms with Crippen molar-refractivity contribution in [2.75, 3.05) is 0 Å². The first kappa shape index (κ1) is 14.2. The summed E-state index contributed by atoms with van der Waals surface area (Å²) in [6.45, 7) is 7.59. The van der Waals surface area contributed by atoms with E-state index in [4.69, 9.17) is 11.6 Å². The van der Waals surface area contributed by atoms with Crippen LogP contribution in [-0.2, 0) is 12.0 Å². The van der Waals surface area contributed by atoms with Gasteiger partial charge in [-0.15, -0.1) is 0 Å². The maximum atomic E-state index is 6.11. The van der Waals surface area contributed by atoms with Gasteiger partial charge in [0.1, 0.15) is 0 Å². The second-order valence-electron chi connectivity index (χ2n) is 6.59. The Morgan fingerprint density at radius 3 is 2.33 bits per heavy atom. The van der Waals surface area contributed by atoms with Gasteiger partial charge in [0.25, 0.3) is 0 Å². The molecule has 3 rings (SSSR count). The maximum Gasteiger partial charge on any atom is 0.0498 e. The molecule has 0 N–H and O–H groups in total. The van der Waals surface area contributed by atoms with Crippen molar-refractivity contribution in [1.29, 1.82) is 0 Å². The zero-order valence-corrected chi connectivity index (χ0v) is 13.5. The van der Waals surface area contributed by atoms with Gasteiger partial charge in [-0.3, -0.25) is 0 Å². The topological polar surface area (TPSA) is 4.93 Å². The largest absolute Gasteiger partial charge is 0.343 e. The monoisotopic (exact) mass is 297 g/mol. The van der Waals surface area contributed by atoms with Crippen molar-refractivity contribution in [1.82, 2.24) is 4.57 Å². The van der Waals surface area contributed by atoms with E-state index in [0.717, 1.165) is 11.6 Å². The molecular formula is C19H20ClN. The maximum absolute atomic E-state index is 6.11. The number of benzene rings is 2. The Hall–Kier alpha value is -1.73. The molecule has 0 aliphatic heterocycles. The lowest BCUT2D eigenvalue weighted by atomic mass is 9.87. The smallest absolute Gasteiger partial charge is 0.0498 e. The highest BCUT2D eigenvalue weighted by molar-refractivity contribution is 6.31. The number of aromatic nitrogens is 1. The van der Waals surface area contributed by atoms with Crippen molar-refractivity contribution in [2.45, 2.75) is 32.7 Å². The summed E-state index contributed by atoms with van der Waals surface area (Å²) >= 11 is 6.11. The Balaban J connectivity index is 1.90. The summed E-state index contributed by atoms with van der Waals surface area (Å²) in [5.74, 6) is 0. The minimum absolute atomic E-state index is 0.201. The van der Waals surface area contributed by atoms with E-state index in [9.17, 15) is 0 Å². The lowest BCUT2D eigenvalue weighted by molar-refractivity contribution is 0.590. The Bertz CT molecular complexity index is 760. The van der Waals surface area contributed by atoms with Gasteiger partial charge in [-0.1, -0.05) is 62.7 Å². The molecule has 0 saturated carbocycles. The van der Waals surface area contributed by atoms with E-state index in [0.29, 0.717) is 0 Å². The molecule has 2 heteroatoms. The van der Waals surface area contributed by atoms with Crippen molar-refractivity contribution in [2.24, 2.45) is 0 Å². The van der Waals surface area contributed by atoms with Crippen LogP contribution in [0.15, 0.2) is 54.7 Å². The summed E-state index contributed by atoms with van der Waals surface area (Å²) < 4.78 is 2.24. The first-order chi connectivity index (χ1) is 9.93. The van der Waals surface area contributed by atoms with Crippen LogP contribution in [0.1, 0.15) is 31.9 Å². The van der Waals surface area contributed by atoms with Crippen LogP contribution in [-0.4, -0.2) is 4.57 Å². The number of rotatable bonds is 2. The van der Waals surface area contributed by atoms with Gasteiger partial charge in [0, 0.05) is 23.3 Å². The number of hydrogen-bond donors (Lipinski definition) is 0. The Morgan fingerprint density at radius 1 is 0.952 bits per heavy atom. The molecule has 1 nitrogen and oxygen atoms in total. The lowest BCUT2D eigenvalue weighted by Crippen LogP contribution is -2.10. The van der Waals surface area contributed by atoms with Crippen molar-refractivity contribution in [3.8, 4) is 0 Å². The molecule has 0 unspecified atom stereocenters. The van der Waals surface area contributed by atoms with E-state index in [1.54, 1.807) is 0 Å². The molecule has 0 aliphatic rings. The summed E-state index contributed by atoms with van der Waals surface area (Å²) in [6, 6.07) is 17.1. The highest BCUT2D eigenvalue weighted by Gasteiger charge is 2.12. The molecule has 3 aromatic rings. The van der Waals surface area contributed by atoms with Crippen LogP contribution < -0.4 is 0 Å². The lowest BCUT2D eigenvalue weighted by Gasteiger charge is -2.19. The van der Waals surface area contributed by atoms with E-state index in [1.807, 2.05) is 12.1 Å². The molecule has 1 aromatic heterocycles. The Kier molecular flexibility index (Phi) is 3.54. The van der Waals surface area contributed by atoms with Crippen LogP contribution >= 0.6 is 11.6 Å². The summed E-state index contributed by atoms with van der Waals surface area (Å²) in [5, 5.41) is 2.01. The SMILES string of the molecule is CC(C)(C)c1ccc(Cn2ccc3ccc(Cl)cc32)cc1. The van der Waals surface area contributed by atoms with Crippen LogP contribution in [0.5, 0.6) is 0 Å². The minimum atomic E-state index is 0.201. The Labute approximate surface area is 131 Å². The van der Waals surface area contributed by atoms with Gasteiger partial charge >= 0.3 is 0 Å². The molecular weight excluding hydrogens is 278 g/mol. The van der Waals surface area contributed by atoms with Crippen molar-refractivity contribution < 1.29 is 0 Å². The van der Waals surface area contributed by atoms with Gasteiger partial charge in [-0.05, 0) is 40.1 Å². The molecule has 108 valence electrons. The molecule has 0 atom stereocenters. The van der Waals surface area contributed by atoms with Crippen LogP contribution in [0.25, 0.3) is 10.9 Å². The predicted octanol–water partition coefficient (Wildman–Crippen LogP) is 5.64. The van der Waals surface area contributed by atoms with Gasteiger partial charge in [0.2, 0.25) is 0 Å². The van der Waals surface area contributed by atoms with Gasteiger partial charge in [0.15, 0.2) is 0 Å². The molecule has 0 spiro atoms. The average Bonchev–Trinajstić information content (AvgIpc) is 2.81. The number of fused-ring (bicyclic) bond motifs is 1. The minimum Gasteiger partial charge on any atom is -0.343 e. The van der Waals surface area contributed by atoms with Crippen LogP contribution in [0.4, 0.5) is 0 Å². The normalized spacial score (nSPS) is 12.0. The van der Waals surface area contributed by atoms with E-state index >= 15 is 0 Å². The van der Waals surface area contributed by atoms with Crippen molar-refractivity contribution >= 4 is 22.5 Å². The molecule has 1 heterocycles. The number of hydrogen-bond acceptors (Lipinski definition) is 0. The predicted molar refractivity (Wildman–Crippen MR) is 91.2 cm³/mol. The van der Waals surface area contributed by atoms with Crippen LogP contribution in [0.2, 0.25) is 5.02 Å². The molecule has 21 heavy (non-hydrogen) atoms. The average molecular weight is 298 g/mol. The van der Waals surface area contributed by atoms with Gasteiger partial charge in [-0.2, -0.15) is 0 Å². The summed E-state index contributed by atoms with van der Waals surface area (Å²) in [7, 11) is 0. The van der Waals surface area contributed by atoms with Gasteiger partial charge < -0.3 is 4.57 Å². The second kappa shape index (κ2) is 5.23. The highest BCUT2D eigenvalue weighted by atomic mass is 35.5. The van der Waals surface area contributed by atoms with Crippen LogP contribution in [0, 0.1) is 0 Å². The first-order valence-electron chi connectivity index (χ1n) is 7.27. The first-order valence-corrected chi connectivity index (χ1v) is 7.65. The summed E-state index contributed by atoms with van der Waals surface area (Å²) in [4.78, 5) is 0. The van der Waals surface area contributed by atoms with Crippen LogP contribution in [0.3, 0.4) is 0 Å². The summed E-state index contributed by atoms with van der Waals surface area (Å²) in [6.07, 6.45) is 2.12. The quantitative estimate of drug-likeness (QED) is 0.577. The van der Waals surface area contributed by atoms with E-state index in [1.165, 1.54) is 22.0 Å². The van der Waals surface area contributed by atoms with Crippen molar-refractivity contribution in [3.63, 3.8) is 0 Å². The molecule has 0 radical (unpaired) electrons. The van der Waals surface area contributed by atoms with Crippen molar-refractivity contribution in [3.05, 3.63) is 70.9 Å². The van der Waals surface area contributed by atoms with E-state index in [-0.39, 0.29) is 5.41 Å². The molecule has 2 aromatic carbocycles. The highest BCUT2D eigenvalue weighted by Crippen LogP contribution is 2.24.